The zero-order valence-corrected chi connectivity index (χ0v) is 16.5. The molecule has 0 bridgehead atoms. The predicted molar refractivity (Wildman–Crippen MR) is 92.4 cm³/mol. The first-order chi connectivity index (χ1) is 9.89. The van der Waals surface area contributed by atoms with Crippen LogP contribution in [-0.4, -0.2) is 44.6 Å². The highest BCUT2D eigenvalue weighted by molar-refractivity contribution is 6.74. The van der Waals surface area contributed by atoms with Crippen LogP contribution in [0.4, 0.5) is 0 Å². The Kier molecular flexibility index (Phi) is 6.44. The SMILES string of the molecule is C/C(=C\CO)[C@@H]1OC(C)(C)O[C@H]1CCO[Si](C)(C)C(C)(C)C. The lowest BCUT2D eigenvalue weighted by Crippen LogP contribution is -2.41. The van der Waals surface area contributed by atoms with Crippen LogP contribution < -0.4 is 0 Å². The van der Waals surface area contributed by atoms with Gasteiger partial charge in [-0.25, -0.2) is 0 Å². The molecule has 1 rings (SSSR count). The molecule has 1 saturated heterocycles. The molecule has 1 N–H and O–H groups in total. The molecule has 22 heavy (non-hydrogen) atoms. The van der Waals surface area contributed by atoms with Crippen molar-refractivity contribution < 1.29 is 19.0 Å². The van der Waals surface area contributed by atoms with Crippen LogP contribution in [0, 0.1) is 0 Å². The maximum atomic E-state index is 9.09. The lowest BCUT2D eigenvalue weighted by atomic mass is 10.0. The predicted octanol–water partition coefficient (Wildman–Crippen LogP) is 3.86. The second kappa shape index (κ2) is 7.14. The summed E-state index contributed by atoms with van der Waals surface area (Å²) in [5.41, 5.74) is 1.02. The summed E-state index contributed by atoms with van der Waals surface area (Å²) in [6.45, 7) is 17.8. The van der Waals surface area contributed by atoms with Gasteiger partial charge in [0.25, 0.3) is 0 Å². The Morgan fingerprint density at radius 2 is 1.86 bits per heavy atom. The third-order valence-electron chi connectivity index (χ3n) is 4.72. The first-order valence-corrected chi connectivity index (χ1v) is 11.1. The van der Waals surface area contributed by atoms with Crippen molar-refractivity contribution in [1.82, 2.24) is 0 Å². The monoisotopic (exact) mass is 330 g/mol. The Hall–Kier alpha value is -0.203. The topological polar surface area (TPSA) is 47.9 Å². The average molecular weight is 331 g/mol. The van der Waals surface area contributed by atoms with Crippen LogP contribution >= 0.6 is 0 Å². The Morgan fingerprint density at radius 1 is 1.27 bits per heavy atom. The van der Waals surface area contributed by atoms with E-state index in [0.717, 1.165) is 12.0 Å². The summed E-state index contributed by atoms with van der Waals surface area (Å²) >= 11 is 0. The number of aliphatic hydroxyl groups excluding tert-OH is 1. The summed E-state index contributed by atoms with van der Waals surface area (Å²) in [7, 11) is -1.73. The van der Waals surface area contributed by atoms with Gasteiger partial charge in [-0.2, -0.15) is 0 Å². The number of ether oxygens (including phenoxy) is 2. The molecule has 0 aromatic rings. The van der Waals surface area contributed by atoms with Gasteiger partial charge in [0.1, 0.15) is 6.10 Å². The minimum atomic E-state index is -1.73. The molecule has 2 atom stereocenters. The van der Waals surface area contributed by atoms with Gasteiger partial charge in [0.2, 0.25) is 0 Å². The van der Waals surface area contributed by atoms with Gasteiger partial charge in [0.05, 0.1) is 12.7 Å². The van der Waals surface area contributed by atoms with Crippen LogP contribution in [0.5, 0.6) is 0 Å². The fourth-order valence-electron chi connectivity index (χ4n) is 2.34. The van der Waals surface area contributed by atoms with Crippen LogP contribution in [-0.2, 0) is 13.9 Å². The highest BCUT2D eigenvalue weighted by Crippen LogP contribution is 2.38. The molecule has 0 unspecified atom stereocenters. The highest BCUT2D eigenvalue weighted by Gasteiger charge is 2.42. The molecule has 0 aliphatic carbocycles. The smallest absolute Gasteiger partial charge is 0.191 e. The second-order valence-corrected chi connectivity index (χ2v) is 12.9. The summed E-state index contributed by atoms with van der Waals surface area (Å²) in [6.07, 6.45) is 2.46. The normalized spacial score (nSPS) is 26.5. The van der Waals surface area contributed by atoms with Crippen molar-refractivity contribution in [2.75, 3.05) is 13.2 Å². The zero-order chi connectivity index (χ0) is 17.2. The van der Waals surface area contributed by atoms with E-state index in [0.29, 0.717) is 6.61 Å². The molecule has 1 heterocycles. The summed E-state index contributed by atoms with van der Waals surface area (Å²) in [5, 5.41) is 9.31. The maximum absolute atomic E-state index is 9.09. The Bertz CT molecular complexity index is 396. The van der Waals surface area contributed by atoms with Crippen molar-refractivity contribution in [1.29, 1.82) is 0 Å². The van der Waals surface area contributed by atoms with Crippen LogP contribution in [0.2, 0.25) is 18.1 Å². The van der Waals surface area contributed by atoms with Gasteiger partial charge in [-0.05, 0) is 50.9 Å². The zero-order valence-electron chi connectivity index (χ0n) is 15.5. The van der Waals surface area contributed by atoms with Crippen LogP contribution in [0.25, 0.3) is 0 Å². The minimum Gasteiger partial charge on any atom is -0.417 e. The van der Waals surface area contributed by atoms with E-state index in [9.17, 15) is 0 Å². The van der Waals surface area contributed by atoms with Crippen LogP contribution in [0.1, 0.15) is 48.0 Å². The molecule has 1 aliphatic rings. The minimum absolute atomic E-state index is 0.0254. The molecule has 0 aromatic heterocycles. The molecule has 130 valence electrons. The number of hydrogen-bond acceptors (Lipinski definition) is 4. The number of rotatable bonds is 6. The Balaban J connectivity index is 2.65. The maximum Gasteiger partial charge on any atom is 0.191 e. The molecule has 5 heteroatoms. The third kappa shape index (κ3) is 5.17. The summed E-state index contributed by atoms with van der Waals surface area (Å²) in [5.74, 6) is -0.586. The number of hydrogen-bond donors (Lipinski definition) is 1. The van der Waals surface area contributed by atoms with E-state index in [-0.39, 0.29) is 23.9 Å². The molecule has 0 aromatic carbocycles. The van der Waals surface area contributed by atoms with E-state index < -0.39 is 14.1 Å². The second-order valence-electron chi connectivity index (χ2n) is 8.12. The lowest BCUT2D eigenvalue weighted by molar-refractivity contribution is -0.144. The molecule has 0 spiro atoms. The Morgan fingerprint density at radius 3 is 2.36 bits per heavy atom. The van der Waals surface area contributed by atoms with Crippen molar-refractivity contribution in [3.63, 3.8) is 0 Å². The van der Waals surface area contributed by atoms with Gasteiger partial charge in [0.15, 0.2) is 14.1 Å². The highest BCUT2D eigenvalue weighted by atomic mass is 28.4. The Labute approximate surface area is 137 Å². The molecule has 0 saturated carbocycles. The van der Waals surface area contributed by atoms with Crippen LogP contribution in [0.15, 0.2) is 11.6 Å². The van der Waals surface area contributed by atoms with Crippen molar-refractivity contribution in [3.8, 4) is 0 Å². The van der Waals surface area contributed by atoms with Gasteiger partial charge >= 0.3 is 0 Å². The molecule has 1 fully saturated rings. The molecular weight excluding hydrogens is 296 g/mol. The van der Waals surface area contributed by atoms with Gasteiger partial charge in [-0.15, -0.1) is 0 Å². The summed E-state index contributed by atoms with van der Waals surface area (Å²) in [6, 6.07) is 0. The average Bonchev–Trinajstić information content (AvgIpc) is 2.63. The molecular formula is C17H34O4Si. The summed E-state index contributed by atoms with van der Waals surface area (Å²) in [4.78, 5) is 0. The van der Waals surface area contributed by atoms with E-state index in [1.54, 1.807) is 6.08 Å². The molecule has 0 radical (unpaired) electrons. The van der Waals surface area contributed by atoms with E-state index in [4.69, 9.17) is 19.0 Å². The van der Waals surface area contributed by atoms with E-state index in [1.165, 1.54) is 0 Å². The molecule has 4 nitrogen and oxygen atoms in total. The fraction of sp³-hybridized carbons (Fsp3) is 0.882. The van der Waals surface area contributed by atoms with Crippen molar-refractivity contribution in [3.05, 3.63) is 11.6 Å². The van der Waals surface area contributed by atoms with Gasteiger partial charge in [0, 0.05) is 6.61 Å². The molecule has 1 aliphatic heterocycles. The van der Waals surface area contributed by atoms with Crippen molar-refractivity contribution in [2.45, 2.75) is 84.1 Å². The first kappa shape index (κ1) is 19.8. The number of aliphatic hydroxyl groups is 1. The van der Waals surface area contributed by atoms with Crippen LogP contribution in [0.3, 0.4) is 0 Å². The van der Waals surface area contributed by atoms with E-state index in [2.05, 4.69) is 33.9 Å². The summed E-state index contributed by atoms with van der Waals surface area (Å²) < 4.78 is 18.2. The molecule has 0 amide bonds. The van der Waals surface area contributed by atoms with Crippen molar-refractivity contribution in [2.24, 2.45) is 0 Å². The van der Waals surface area contributed by atoms with E-state index >= 15 is 0 Å². The lowest BCUT2D eigenvalue weighted by Gasteiger charge is -2.36. The van der Waals surface area contributed by atoms with Gasteiger partial charge < -0.3 is 19.0 Å². The van der Waals surface area contributed by atoms with Crippen molar-refractivity contribution >= 4 is 8.32 Å². The quantitative estimate of drug-likeness (QED) is 0.593. The van der Waals surface area contributed by atoms with E-state index in [1.807, 2.05) is 20.8 Å². The largest absolute Gasteiger partial charge is 0.417 e. The standard InChI is InChI=1S/C17H34O4Si/c1-13(9-11-18)15-14(20-17(5,6)21-15)10-12-19-22(7,8)16(2,3)4/h9,14-15,18H,10-12H2,1-8H3/b13-9+/t14-,15-/m0/s1. The third-order valence-corrected chi connectivity index (χ3v) is 9.26. The van der Waals surface area contributed by atoms with Gasteiger partial charge in [-0.1, -0.05) is 26.8 Å². The first-order valence-electron chi connectivity index (χ1n) is 8.17. The fourth-order valence-corrected chi connectivity index (χ4v) is 3.40. The van der Waals surface area contributed by atoms with Gasteiger partial charge in [-0.3, -0.25) is 0 Å².